The lowest BCUT2D eigenvalue weighted by molar-refractivity contribution is 0.256. The van der Waals surface area contributed by atoms with Crippen molar-refractivity contribution in [2.45, 2.75) is 4.21 Å². The van der Waals surface area contributed by atoms with Crippen LogP contribution >= 0.6 is 34.5 Å². The van der Waals surface area contributed by atoms with Gasteiger partial charge in [0.15, 0.2) is 0 Å². The minimum atomic E-state index is -4.09. The topological polar surface area (TPSA) is 109 Å². The van der Waals surface area contributed by atoms with Gasteiger partial charge in [-0.1, -0.05) is 53.5 Å². The third-order valence-corrected chi connectivity index (χ3v) is 9.25. The standard InChI is InChI=1S/C27H20Cl2N4O4S2/c1-30-17-7-9-19-20(13-17)21(16-5-3-2-4-6-16)15-33(26(19)34)23-10-8-18(14-22(23)28)31-27(35)32-39(36,37)25-12-11-24(29)38-25/h2-15,30H,1H3,(H2,31,32,35). The Morgan fingerprint density at radius 3 is 2.31 bits per heavy atom. The van der Waals surface area contributed by atoms with E-state index in [4.69, 9.17) is 23.2 Å². The zero-order valence-corrected chi connectivity index (χ0v) is 23.4. The summed E-state index contributed by atoms with van der Waals surface area (Å²) in [6.45, 7) is 0. The third-order valence-electron chi connectivity index (χ3n) is 5.90. The number of thiophene rings is 1. The predicted molar refractivity (Wildman–Crippen MR) is 158 cm³/mol. The van der Waals surface area contributed by atoms with E-state index in [1.165, 1.54) is 28.8 Å². The van der Waals surface area contributed by atoms with E-state index in [-0.39, 0.29) is 24.8 Å². The second-order valence-corrected chi connectivity index (χ2v) is 12.4. The number of sulfonamides is 1. The molecule has 198 valence electrons. The molecular weight excluding hydrogens is 579 g/mol. The van der Waals surface area contributed by atoms with Crippen LogP contribution in [0.1, 0.15) is 0 Å². The normalized spacial score (nSPS) is 11.4. The Morgan fingerprint density at radius 1 is 0.897 bits per heavy atom. The SMILES string of the molecule is CNc1ccc2c(=O)n(-c3ccc(NC(=O)NS(=O)(=O)c4ccc(Cl)s4)cc3Cl)cc(-c3ccccc3)c2c1. The number of halogens is 2. The fourth-order valence-corrected chi connectivity index (χ4v) is 6.74. The Bertz CT molecular complexity index is 1890. The molecule has 5 aromatic rings. The minimum absolute atomic E-state index is 0.0947. The molecule has 2 amide bonds. The van der Waals surface area contributed by atoms with Crippen LogP contribution in [-0.4, -0.2) is 26.1 Å². The van der Waals surface area contributed by atoms with Crippen LogP contribution in [-0.2, 0) is 10.0 Å². The molecule has 0 radical (unpaired) electrons. The number of rotatable bonds is 6. The molecule has 0 unspecified atom stereocenters. The van der Waals surface area contributed by atoms with Crippen molar-refractivity contribution in [3.63, 3.8) is 0 Å². The third kappa shape index (κ3) is 5.50. The first-order valence-electron chi connectivity index (χ1n) is 11.5. The van der Waals surface area contributed by atoms with Gasteiger partial charge in [-0.3, -0.25) is 9.36 Å². The number of hydrogen-bond acceptors (Lipinski definition) is 6. The molecule has 0 aliphatic heterocycles. The highest BCUT2D eigenvalue weighted by atomic mass is 35.5. The van der Waals surface area contributed by atoms with Crippen LogP contribution in [0, 0.1) is 0 Å². The van der Waals surface area contributed by atoms with E-state index in [0.717, 1.165) is 33.5 Å². The van der Waals surface area contributed by atoms with Gasteiger partial charge in [-0.05, 0) is 59.5 Å². The summed E-state index contributed by atoms with van der Waals surface area (Å²) >= 11 is 13.2. The summed E-state index contributed by atoms with van der Waals surface area (Å²) in [5, 5.41) is 7.02. The number of amides is 2. The van der Waals surface area contributed by atoms with Crippen molar-refractivity contribution in [2.75, 3.05) is 17.7 Å². The highest BCUT2D eigenvalue weighted by molar-refractivity contribution is 7.92. The van der Waals surface area contributed by atoms with Crippen LogP contribution in [0.5, 0.6) is 0 Å². The van der Waals surface area contributed by atoms with Crippen LogP contribution in [0.2, 0.25) is 9.36 Å². The molecule has 12 heteroatoms. The average Bonchev–Trinajstić information content (AvgIpc) is 3.37. The highest BCUT2D eigenvalue weighted by Gasteiger charge is 2.20. The largest absolute Gasteiger partial charge is 0.388 e. The number of pyridine rings is 1. The second kappa shape index (κ2) is 10.7. The summed E-state index contributed by atoms with van der Waals surface area (Å²) in [4.78, 5) is 25.9. The van der Waals surface area contributed by atoms with Gasteiger partial charge in [-0.2, -0.15) is 0 Å². The Hall–Kier alpha value is -3.83. The Morgan fingerprint density at radius 2 is 1.64 bits per heavy atom. The lowest BCUT2D eigenvalue weighted by Crippen LogP contribution is -2.33. The van der Waals surface area contributed by atoms with Crippen LogP contribution in [0.25, 0.3) is 27.6 Å². The molecule has 0 bridgehead atoms. The number of fused-ring (bicyclic) bond motifs is 1. The molecule has 0 saturated heterocycles. The summed E-state index contributed by atoms with van der Waals surface area (Å²) in [5.41, 5.74) is 2.98. The number of nitrogens with one attached hydrogen (secondary N) is 3. The van der Waals surface area contributed by atoms with Gasteiger partial charge in [-0.15, -0.1) is 11.3 Å². The summed E-state index contributed by atoms with van der Waals surface area (Å²) in [5.74, 6) is 0. The van der Waals surface area contributed by atoms with Crippen molar-refractivity contribution in [2.24, 2.45) is 0 Å². The Labute approximate surface area is 237 Å². The highest BCUT2D eigenvalue weighted by Crippen LogP contribution is 2.32. The van der Waals surface area contributed by atoms with E-state index in [0.29, 0.717) is 11.1 Å². The molecule has 2 aromatic heterocycles. The summed E-state index contributed by atoms with van der Waals surface area (Å²) < 4.78 is 28.4. The van der Waals surface area contributed by atoms with Gasteiger partial charge in [0.05, 0.1) is 15.0 Å². The molecule has 39 heavy (non-hydrogen) atoms. The van der Waals surface area contributed by atoms with Crippen molar-refractivity contribution in [3.05, 3.63) is 105 Å². The predicted octanol–water partition coefficient (Wildman–Crippen LogP) is 6.58. The van der Waals surface area contributed by atoms with Crippen molar-refractivity contribution in [1.82, 2.24) is 9.29 Å². The molecule has 0 aliphatic rings. The van der Waals surface area contributed by atoms with Gasteiger partial charge < -0.3 is 10.6 Å². The molecule has 0 spiro atoms. The van der Waals surface area contributed by atoms with Gasteiger partial charge in [0.25, 0.3) is 15.6 Å². The molecule has 3 aromatic carbocycles. The molecule has 0 fully saturated rings. The second-order valence-electron chi connectivity index (χ2n) is 8.38. The van der Waals surface area contributed by atoms with Gasteiger partial charge in [0.2, 0.25) is 0 Å². The van der Waals surface area contributed by atoms with E-state index in [1.807, 2.05) is 54.2 Å². The average molecular weight is 600 g/mol. The number of urea groups is 1. The first kappa shape index (κ1) is 26.8. The maximum atomic E-state index is 13.5. The van der Waals surface area contributed by atoms with E-state index in [9.17, 15) is 18.0 Å². The van der Waals surface area contributed by atoms with Crippen LogP contribution in [0.3, 0.4) is 0 Å². The van der Waals surface area contributed by atoms with E-state index >= 15 is 0 Å². The van der Waals surface area contributed by atoms with Gasteiger partial charge in [0, 0.05) is 35.6 Å². The van der Waals surface area contributed by atoms with Crippen molar-refractivity contribution >= 4 is 72.7 Å². The van der Waals surface area contributed by atoms with E-state index in [1.54, 1.807) is 18.3 Å². The summed E-state index contributed by atoms with van der Waals surface area (Å²) in [6, 6.07) is 21.5. The summed E-state index contributed by atoms with van der Waals surface area (Å²) in [7, 11) is -2.28. The van der Waals surface area contributed by atoms with Gasteiger partial charge >= 0.3 is 6.03 Å². The number of benzene rings is 3. The number of aromatic nitrogens is 1. The number of anilines is 2. The lowest BCUT2D eigenvalue weighted by atomic mass is 10.00. The smallest absolute Gasteiger partial charge is 0.333 e. The number of carbonyl (C=O) groups is 1. The van der Waals surface area contributed by atoms with Crippen LogP contribution < -0.4 is 20.9 Å². The van der Waals surface area contributed by atoms with E-state index in [2.05, 4.69) is 10.6 Å². The fourth-order valence-electron chi connectivity index (χ4n) is 4.07. The minimum Gasteiger partial charge on any atom is -0.388 e. The zero-order chi connectivity index (χ0) is 27.7. The number of nitrogens with zero attached hydrogens (tertiary/aromatic N) is 1. The summed E-state index contributed by atoms with van der Waals surface area (Å²) in [6.07, 6.45) is 1.74. The molecule has 3 N–H and O–H groups in total. The molecule has 8 nitrogen and oxygen atoms in total. The molecule has 0 saturated carbocycles. The van der Waals surface area contributed by atoms with Crippen molar-refractivity contribution in [3.8, 4) is 16.8 Å². The maximum absolute atomic E-state index is 13.5. The molecule has 0 atom stereocenters. The first-order valence-corrected chi connectivity index (χ1v) is 14.5. The molecular formula is C27H20Cl2N4O4S2. The fraction of sp³-hybridized carbons (Fsp3) is 0.0370. The quantitative estimate of drug-likeness (QED) is 0.204. The molecule has 0 aliphatic carbocycles. The zero-order valence-electron chi connectivity index (χ0n) is 20.2. The number of carbonyl (C=O) groups excluding carboxylic acids is 1. The molecule has 5 rings (SSSR count). The van der Waals surface area contributed by atoms with Crippen molar-refractivity contribution < 1.29 is 13.2 Å². The lowest BCUT2D eigenvalue weighted by Gasteiger charge is -2.16. The first-order chi connectivity index (χ1) is 18.7. The van der Waals surface area contributed by atoms with Gasteiger partial charge in [0.1, 0.15) is 4.21 Å². The van der Waals surface area contributed by atoms with Gasteiger partial charge in [-0.25, -0.2) is 17.9 Å². The monoisotopic (exact) mass is 598 g/mol. The molecule has 2 heterocycles. The van der Waals surface area contributed by atoms with Crippen molar-refractivity contribution in [1.29, 1.82) is 0 Å². The van der Waals surface area contributed by atoms with Crippen LogP contribution in [0.4, 0.5) is 16.2 Å². The number of hydrogen-bond donors (Lipinski definition) is 3. The van der Waals surface area contributed by atoms with E-state index < -0.39 is 16.1 Å². The van der Waals surface area contributed by atoms with Crippen LogP contribution in [0.15, 0.2) is 94.1 Å². The Balaban J connectivity index is 1.50. The Kier molecular flexibility index (Phi) is 7.37. The maximum Gasteiger partial charge on any atom is 0.333 e.